The van der Waals surface area contributed by atoms with Crippen LogP contribution in [0.25, 0.3) is 10.6 Å². The average molecular weight is 369 g/mol. The number of hydrogen-bond acceptors (Lipinski definition) is 5. The standard InChI is InChI=1S/C21H23NO3S/c1-11-9-7-8-10-13(11)18-22-15(12(2)26-18)14-16(23)20(3,4)19(25)21(5,6)17(14)24/h7-10,14H,1-6H3. The highest BCUT2D eigenvalue weighted by atomic mass is 32.1. The SMILES string of the molecule is Cc1ccccc1-c1nc(C2C(=O)C(C)(C)C(=O)C(C)(C)C2=O)c(C)s1. The lowest BCUT2D eigenvalue weighted by Gasteiger charge is -2.40. The molecule has 0 amide bonds. The minimum atomic E-state index is -1.19. The summed E-state index contributed by atoms with van der Waals surface area (Å²) >= 11 is 1.48. The predicted molar refractivity (Wildman–Crippen MR) is 102 cm³/mol. The van der Waals surface area contributed by atoms with Gasteiger partial charge in [0.2, 0.25) is 0 Å². The number of aryl methyl sites for hydroxylation is 2. The van der Waals surface area contributed by atoms with Gasteiger partial charge >= 0.3 is 0 Å². The number of hydrogen-bond donors (Lipinski definition) is 0. The number of aromatic nitrogens is 1. The largest absolute Gasteiger partial charge is 0.298 e. The van der Waals surface area contributed by atoms with Gasteiger partial charge in [0.15, 0.2) is 17.3 Å². The van der Waals surface area contributed by atoms with Crippen LogP contribution in [0.3, 0.4) is 0 Å². The number of carbonyl (C=O) groups excluding carboxylic acids is 3. The Morgan fingerprint density at radius 1 is 0.923 bits per heavy atom. The maximum absolute atomic E-state index is 13.0. The van der Waals surface area contributed by atoms with Crippen molar-refractivity contribution in [1.82, 2.24) is 4.98 Å². The van der Waals surface area contributed by atoms with Crippen LogP contribution in [0.15, 0.2) is 24.3 Å². The minimum absolute atomic E-state index is 0.316. The van der Waals surface area contributed by atoms with Crippen LogP contribution in [-0.4, -0.2) is 22.3 Å². The van der Waals surface area contributed by atoms with E-state index in [-0.39, 0.29) is 17.3 Å². The Morgan fingerprint density at radius 3 is 2.00 bits per heavy atom. The summed E-state index contributed by atoms with van der Waals surface area (Å²) in [6.45, 7) is 10.3. The van der Waals surface area contributed by atoms with Gasteiger partial charge in [0.1, 0.15) is 10.9 Å². The Labute approximate surface area is 157 Å². The lowest BCUT2D eigenvalue weighted by molar-refractivity contribution is -0.157. The second kappa shape index (κ2) is 5.95. The monoisotopic (exact) mass is 369 g/mol. The van der Waals surface area contributed by atoms with Gasteiger partial charge in [-0.05, 0) is 47.1 Å². The highest BCUT2D eigenvalue weighted by molar-refractivity contribution is 7.15. The fourth-order valence-corrected chi connectivity index (χ4v) is 4.74. The Balaban J connectivity index is 2.15. The molecule has 0 radical (unpaired) electrons. The van der Waals surface area contributed by atoms with Crippen molar-refractivity contribution in [3.63, 3.8) is 0 Å². The number of ketones is 3. The highest BCUT2D eigenvalue weighted by Crippen LogP contribution is 2.46. The molecule has 26 heavy (non-hydrogen) atoms. The van der Waals surface area contributed by atoms with Gasteiger partial charge in [-0.3, -0.25) is 14.4 Å². The normalized spacial score (nSPS) is 19.8. The van der Waals surface area contributed by atoms with Crippen molar-refractivity contribution in [3.05, 3.63) is 40.4 Å². The van der Waals surface area contributed by atoms with Gasteiger partial charge in [-0.25, -0.2) is 4.98 Å². The molecule has 1 fully saturated rings. The molecule has 0 N–H and O–H groups in total. The molecule has 0 saturated heterocycles. The van der Waals surface area contributed by atoms with Crippen molar-refractivity contribution >= 4 is 28.7 Å². The van der Waals surface area contributed by atoms with E-state index in [4.69, 9.17) is 0 Å². The van der Waals surface area contributed by atoms with Crippen LogP contribution in [0, 0.1) is 24.7 Å². The molecule has 3 rings (SSSR count). The third-order valence-corrected chi connectivity index (χ3v) is 6.39. The molecule has 5 heteroatoms. The van der Waals surface area contributed by atoms with Gasteiger partial charge in [0.05, 0.1) is 16.5 Å². The fourth-order valence-electron chi connectivity index (χ4n) is 3.70. The third kappa shape index (κ3) is 2.57. The number of rotatable bonds is 2. The topological polar surface area (TPSA) is 64.1 Å². The van der Waals surface area contributed by atoms with Gasteiger partial charge in [-0.15, -0.1) is 11.3 Å². The zero-order valence-corrected chi connectivity index (χ0v) is 16.8. The van der Waals surface area contributed by atoms with Crippen molar-refractivity contribution in [3.8, 4) is 10.6 Å². The van der Waals surface area contributed by atoms with Gasteiger partial charge in [-0.2, -0.15) is 0 Å². The number of thiazole rings is 1. The van der Waals surface area contributed by atoms with Crippen LogP contribution >= 0.6 is 11.3 Å². The smallest absolute Gasteiger partial charge is 0.162 e. The molecule has 0 aliphatic heterocycles. The molecule has 1 aromatic heterocycles. The lowest BCUT2D eigenvalue weighted by Crippen LogP contribution is -2.56. The molecule has 136 valence electrons. The van der Waals surface area contributed by atoms with Gasteiger partial charge in [0.25, 0.3) is 0 Å². The molecule has 0 spiro atoms. The summed E-state index contributed by atoms with van der Waals surface area (Å²) in [7, 11) is 0. The molecule has 4 nitrogen and oxygen atoms in total. The zero-order valence-electron chi connectivity index (χ0n) is 16.0. The molecule has 0 bridgehead atoms. The van der Waals surface area contributed by atoms with E-state index in [2.05, 4.69) is 4.98 Å². The molecular weight excluding hydrogens is 346 g/mol. The van der Waals surface area contributed by atoms with E-state index in [0.29, 0.717) is 5.69 Å². The summed E-state index contributed by atoms with van der Waals surface area (Å²) < 4.78 is 0. The molecule has 1 heterocycles. The van der Waals surface area contributed by atoms with Crippen molar-refractivity contribution in [2.45, 2.75) is 47.5 Å². The number of carbonyl (C=O) groups is 3. The first-order chi connectivity index (χ1) is 12.0. The number of benzene rings is 1. The molecule has 1 saturated carbocycles. The fraction of sp³-hybridized carbons (Fsp3) is 0.429. The summed E-state index contributed by atoms with van der Waals surface area (Å²) in [5.74, 6) is -2.00. The van der Waals surface area contributed by atoms with Crippen molar-refractivity contribution in [1.29, 1.82) is 0 Å². The summed E-state index contributed by atoms with van der Waals surface area (Å²) in [4.78, 5) is 44.3. The van der Waals surface area contributed by atoms with E-state index in [1.807, 2.05) is 38.1 Å². The Morgan fingerprint density at radius 2 is 1.46 bits per heavy atom. The molecule has 2 aromatic rings. The van der Waals surface area contributed by atoms with Crippen molar-refractivity contribution in [2.75, 3.05) is 0 Å². The second-order valence-corrected chi connectivity index (χ2v) is 9.22. The van der Waals surface area contributed by atoms with Crippen LogP contribution in [0.2, 0.25) is 0 Å². The number of nitrogens with zero attached hydrogens (tertiary/aromatic N) is 1. The first-order valence-electron chi connectivity index (χ1n) is 8.66. The van der Waals surface area contributed by atoms with Crippen LogP contribution in [0.4, 0.5) is 0 Å². The van der Waals surface area contributed by atoms with Gasteiger partial charge in [0, 0.05) is 10.4 Å². The molecule has 1 aliphatic carbocycles. The Kier molecular flexibility index (Phi) is 4.26. The van der Waals surface area contributed by atoms with E-state index in [9.17, 15) is 14.4 Å². The highest BCUT2D eigenvalue weighted by Gasteiger charge is 2.59. The van der Waals surface area contributed by atoms with Crippen LogP contribution < -0.4 is 0 Å². The van der Waals surface area contributed by atoms with Crippen LogP contribution in [0.5, 0.6) is 0 Å². The first-order valence-corrected chi connectivity index (χ1v) is 9.48. The predicted octanol–water partition coefficient (Wildman–Crippen LogP) is 4.28. The summed E-state index contributed by atoms with van der Waals surface area (Å²) in [6, 6.07) is 7.90. The van der Waals surface area contributed by atoms with E-state index >= 15 is 0 Å². The van der Waals surface area contributed by atoms with E-state index in [0.717, 1.165) is 21.0 Å². The minimum Gasteiger partial charge on any atom is -0.298 e. The van der Waals surface area contributed by atoms with E-state index in [1.165, 1.54) is 11.3 Å². The zero-order chi connectivity index (χ0) is 19.4. The summed E-state index contributed by atoms with van der Waals surface area (Å²) in [5.41, 5.74) is 0.195. The van der Waals surface area contributed by atoms with E-state index < -0.39 is 16.7 Å². The summed E-state index contributed by atoms with van der Waals surface area (Å²) in [6.07, 6.45) is 0. The van der Waals surface area contributed by atoms with E-state index in [1.54, 1.807) is 27.7 Å². The van der Waals surface area contributed by atoms with Crippen molar-refractivity contribution in [2.24, 2.45) is 10.8 Å². The molecule has 0 unspecified atom stereocenters. The second-order valence-electron chi connectivity index (χ2n) is 8.02. The maximum atomic E-state index is 13.0. The lowest BCUT2D eigenvalue weighted by atomic mass is 9.58. The molecule has 0 atom stereocenters. The first kappa shape index (κ1) is 18.6. The molecule has 1 aromatic carbocycles. The molecule has 1 aliphatic rings. The summed E-state index contributed by atoms with van der Waals surface area (Å²) in [5, 5.41) is 0.795. The van der Waals surface area contributed by atoms with Gasteiger partial charge in [-0.1, -0.05) is 24.3 Å². The number of Topliss-reactive ketones (excluding diaryl/α,β-unsaturated/α-hetero) is 3. The quantitative estimate of drug-likeness (QED) is 0.741. The third-order valence-electron chi connectivity index (χ3n) is 5.37. The average Bonchev–Trinajstić information content (AvgIpc) is 2.95. The van der Waals surface area contributed by atoms with Gasteiger partial charge < -0.3 is 0 Å². The Hall–Kier alpha value is -2.14. The molecular formula is C21H23NO3S. The van der Waals surface area contributed by atoms with Crippen LogP contribution in [-0.2, 0) is 14.4 Å². The van der Waals surface area contributed by atoms with Crippen LogP contribution in [0.1, 0.15) is 49.7 Å². The van der Waals surface area contributed by atoms with Crippen molar-refractivity contribution < 1.29 is 14.4 Å². The maximum Gasteiger partial charge on any atom is 0.162 e. The Bertz CT molecular complexity index is 906.